The lowest BCUT2D eigenvalue weighted by Gasteiger charge is -2.34. The zero-order valence-electron chi connectivity index (χ0n) is 16.7. The minimum Gasteiger partial charge on any atom is -0.392 e. The molecule has 1 amide bonds. The van der Waals surface area contributed by atoms with Crippen molar-refractivity contribution in [2.24, 2.45) is 13.0 Å². The van der Waals surface area contributed by atoms with Crippen LogP contribution in [-0.4, -0.2) is 44.9 Å². The van der Waals surface area contributed by atoms with Gasteiger partial charge in [0.15, 0.2) is 0 Å². The molecule has 0 bridgehead atoms. The van der Waals surface area contributed by atoms with Crippen molar-refractivity contribution in [2.75, 3.05) is 13.1 Å². The van der Waals surface area contributed by atoms with E-state index in [4.69, 9.17) is 0 Å². The highest BCUT2D eigenvalue weighted by Crippen LogP contribution is 2.25. The van der Waals surface area contributed by atoms with Crippen LogP contribution in [0.4, 0.5) is 0 Å². The summed E-state index contributed by atoms with van der Waals surface area (Å²) in [5.74, 6) is 0.240. The van der Waals surface area contributed by atoms with Gasteiger partial charge in [-0.05, 0) is 36.8 Å². The molecule has 0 saturated carbocycles. The van der Waals surface area contributed by atoms with E-state index in [-0.39, 0.29) is 17.9 Å². The zero-order valence-corrected chi connectivity index (χ0v) is 16.7. The number of nitrogens with zero attached hydrogens (tertiary/aromatic N) is 3. The van der Waals surface area contributed by atoms with Gasteiger partial charge in [0.2, 0.25) is 0 Å². The fourth-order valence-electron chi connectivity index (χ4n) is 4.09. The van der Waals surface area contributed by atoms with Crippen molar-refractivity contribution >= 4 is 5.91 Å². The number of amides is 1. The summed E-state index contributed by atoms with van der Waals surface area (Å²) >= 11 is 0. The fraction of sp³-hybridized carbons (Fsp3) is 0.333. The van der Waals surface area contributed by atoms with E-state index < -0.39 is 0 Å². The minimum absolute atomic E-state index is 0.0122. The molecule has 5 heteroatoms. The molecule has 4 rings (SSSR count). The molecule has 1 N–H and O–H groups in total. The quantitative estimate of drug-likeness (QED) is 0.726. The average Bonchev–Trinajstić information content (AvgIpc) is 3.16. The molecule has 1 fully saturated rings. The normalized spacial score (nSPS) is 16.0. The Morgan fingerprint density at radius 1 is 1.07 bits per heavy atom. The number of carbonyl (C=O) groups is 1. The Hall–Kier alpha value is -2.92. The fourth-order valence-corrected chi connectivity index (χ4v) is 4.09. The monoisotopic (exact) mass is 389 g/mol. The molecule has 0 spiro atoms. The molecule has 1 atom stereocenters. The summed E-state index contributed by atoms with van der Waals surface area (Å²) in [6.07, 6.45) is 1.95. The first-order valence-electron chi connectivity index (χ1n) is 10.2. The Bertz CT molecular complexity index is 945. The molecule has 1 aliphatic heterocycles. The third-order valence-electron chi connectivity index (χ3n) is 5.83. The number of aliphatic hydroxyl groups is 1. The maximum Gasteiger partial charge on any atom is 0.272 e. The summed E-state index contributed by atoms with van der Waals surface area (Å²) in [4.78, 5) is 14.9. The van der Waals surface area contributed by atoms with Gasteiger partial charge in [-0.3, -0.25) is 9.48 Å². The Kier molecular flexibility index (Phi) is 5.76. The smallest absolute Gasteiger partial charge is 0.272 e. The maximum absolute atomic E-state index is 13.0. The molecule has 0 radical (unpaired) electrons. The molecule has 2 heterocycles. The predicted octanol–water partition coefficient (Wildman–Crippen LogP) is 3.54. The summed E-state index contributed by atoms with van der Waals surface area (Å²) in [6.45, 7) is 1.34. The van der Waals surface area contributed by atoms with Crippen molar-refractivity contribution in [1.29, 1.82) is 0 Å². The number of aromatic nitrogens is 2. The van der Waals surface area contributed by atoms with E-state index in [0.29, 0.717) is 25.2 Å². The van der Waals surface area contributed by atoms with Crippen LogP contribution in [0.15, 0.2) is 66.7 Å². The standard InChI is InChI=1S/C24H27N3O2/c1-26-22(17-21(25-26)19-10-6-3-7-11-19)24(29)27-14-12-20(13-15-27)23(28)16-18-8-4-2-5-9-18/h2-11,17,20,23,28H,12-16H2,1H3/t23-/m1/s1. The van der Waals surface area contributed by atoms with Gasteiger partial charge in [-0.2, -0.15) is 5.10 Å². The van der Waals surface area contributed by atoms with Gasteiger partial charge in [-0.25, -0.2) is 0 Å². The Morgan fingerprint density at radius 3 is 2.34 bits per heavy atom. The summed E-state index contributed by atoms with van der Waals surface area (Å²) in [5.41, 5.74) is 3.57. The molecular formula is C24H27N3O2. The van der Waals surface area contributed by atoms with Crippen molar-refractivity contribution in [2.45, 2.75) is 25.4 Å². The minimum atomic E-state index is -0.365. The van der Waals surface area contributed by atoms with Gasteiger partial charge in [-0.15, -0.1) is 0 Å². The van der Waals surface area contributed by atoms with Gasteiger partial charge < -0.3 is 10.0 Å². The number of hydrogen-bond donors (Lipinski definition) is 1. The number of benzene rings is 2. The van der Waals surface area contributed by atoms with Crippen LogP contribution in [0.2, 0.25) is 0 Å². The van der Waals surface area contributed by atoms with Gasteiger partial charge in [0.05, 0.1) is 11.8 Å². The Balaban J connectivity index is 1.37. The van der Waals surface area contributed by atoms with Crippen molar-refractivity contribution < 1.29 is 9.90 Å². The zero-order chi connectivity index (χ0) is 20.2. The topological polar surface area (TPSA) is 58.4 Å². The van der Waals surface area contributed by atoms with E-state index in [1.165, 1.54) is 0 Å². The second-order valence-electron chi connectivity index (χ2n) is 7.79. The third kappa shape index (κ3) is 4.40. The Labute approximate surface area is 171 Å². The van der Waals surface area contributed by atoms with Crippen molar-refractivity contribution in [3.05, 3.63) is 78.0 Å². The van der Waals surface area contributed by atoms with Gasteiger partial charge in [0.25, 0.3) is 5.91 Å². The van der Waals surface area contributed by atoms with Crippen molar-refractivity contribution in [3.8, 4) is 11.3 Å². The number of hydrogen-bond acceptors (Lipinski definition) is 3. The first-order chi connectivity index (χ1) is 14.1. The molecule has 2 aromatic carbocycles. The van der Waals surface area contributed by atoms with E-state index in [1.807, 2.05) is 66.5 Å². The van der Waals surface area contributed by atoms with Crippen LogP contribution in [-0.2, 0) is 13.5 Å². The number of aryl methyl sites for hydroxylation is 1. The van der Waals surface area contributed by atoms with Crippen LogP contribution in [0.25, 0.3) is 11.3 Å². The summed E-state index contributed by atoms with van der Waals surface area (Å²) in [5, 5.41) is 15.1. The highest BCUT2D eigenvalue weighted by Gasteiger charge is 2.29. The first-order valence-corrected chi connectivity index (χ1v) is 10.2. The number of piperidine rings is 1. The number of aliphatic hydroxyl groups excluding tert-OH is 1. The largest absolute Gasteiger partial charge is 0.392 e. The van der Waals surface area contributed by atoms with Crippen LogP contribution in [0, 0.1) is 5.92 Å². The average molecular weight is 389 g/mol. The first kappa shape index (κ1) is 19.4. The van der Waals surface area contributed by atoms with E-state index in [9.17, 15) is 9.90 Å². The highest BCUT2D eigenvalue weighted by atomic mass is 16.3. The number of carbonyl (C=O) groups excluding carboxylic acids is 1. The third-order valence-corrected chi connectivity index (χ3v) is 5.83. The van der Waals surface area contributed by atoms with Gasteiger partial charge in [-0.1, -0.05) is 60.7 Å². The van der Waals surface area contributed by atoms with Crippen molar-refractivity contribution in [3.63, 3.8) is 0 Å². The molecule has 1 aromatic heterocycles. The van der Waals surface area contributed by atoms with E-state index in [1.54, 1.807) is 4.68 Å². The highest BCUT2D eigenvalue weighted by molar-refractivity contribution is 5.93. The second-order valence-corrected chi connectivity index (χ2v) is 7.79. The molecule has 5 nitrogen and oxygen atoms in total. The Morgan fingerprint density at radius 2 is 1.69 bits per heavy atom. The molecule has 0 aliphatic carbocycles. The molecular weight excluding hydrogens is 362 g/mol. The molecule has 1 aliphatic rings. The van der Waals surface area contributed by atoms with Crippen molar-refractivity contribution in [1.82, 2.24) is 14.7 Å². The molecule has 1 saturated heterocycles. The van der Waals surface area contributed by atoms with E-state index in [2.05, 4.69) is 17.2 Å². The van der Waals surface area contributed by atoms with Gasteiger partial charge in [0, 0.05) is 25.7 Å². The number of likely N-dealkylation sites (tertiary alicyclic amines) is 1. The van der Waals surface area contributed by atoms with Gasteiger partial charge >= 0.3 is 0 Å². The van der Waals surface area contributed by atoms with Crippen LogP contribution >= 0.6 is 0 Å². The van der Waals surface area contributed by atoms with E-state index in [0.717, 1.165) is 29.7 Å². The predicted molar refractivity (Wildman–Crippen MR) is 113 cm³/mol. The molecule has 150 valence electrons. The van der Waals surface area contributed by atoms with E-state index >= 15 is 0 Å². The lowest BCUT2D eigenvalue weighted by atomic mass is 9.88. The SMILES string of the molecule is Cn1nc(-c2ccccc2)cc1C(=O)N1CCC([C@H](O)Cc2ccccc2)CC1. The summed E-state index contributed by atoms with van der Waals surface area (Å²) < 4.78 is 1.67. The molecule has 3 aromatic rings. The second kappa shape index (κ2) is 8.62. The van der Waals surface area contributed by atoms with Crippen LogP contribution in [0.3, 0.4) is 0 Å². The summed E-state index contributed by atoms with van der Waals surface area (Å²) in [7, 11) is 1.82. The maximum atomic E-state index is 13.0. The van der Waals surface area contributed by atoms with Crippen LogP contribution in [0.5, 0.6) is 0 Å². The number of rotatable bonds is 5. The summed E-state index contributed by atoms with van der Waals surface area (Å²) in [6, 6.07) is 21.9. The van der Waals surface area contributed by atoms with Crippen LogP contribution in [0.1, 0.15) is 28.9 Å². The lowest BCUT2D eigenvalue weighted by Crippen LogP contribution is -2.42. The lowest BCUT2D eigenvalue weighted by molar-refractivity contribution is 0.0460. The van der Waals surface area contributed by atoms with Gasteiger partial charge in [0.1, 0.15) is 5.69 Å². The molecule has 0 unspecified atom stereocenters. The molecule has 29 heavy (non-hydrogen) atoms. The van der Waals surface area contributed by atoms with Crippen LogP contribution < -0.4 is 0 Å².